The molecule has 2 aromatic rings. The molecule has 0 aliphatic carbocycles. The van der Waals surface area contributed by atoms with Crippen LogP contribution in [0.5, 0.6) is 0 Å². The van der Waals surface area contributed by atoms with E-state index < -0.39 is 23.2 Å². The molecule has 0 saturated heterocycles. The Morgan fingerprint density at radius 2 is 1.83 bits per heavy atom. The summed E-state index contributed by atoms with van der Waals surface area (Å²) in [6.45, 7) is 3.51. The highest BCUT2D eigenvalue weighted by atomic mass is 35.5. The Labute approximate surface area is 174 Å². The minimum atomic E-state index is -0.882. The number of Topliss-reactive ketones (excluding diaryl/α,β-unsaturated/α-hetero) is 1. The molecule has 1 aromatic carbocycles. The molecule has 2 rings (SSSR count). The van der Waals surface area contributed by atoms with Crippen LogP contribution < -0.4 is 5.43 Å². The lowest BCUT2D eigenvalue weighted by molar-refractivity contribution is -0.144. The van der Waals surface area contributed by atoms with E-state index in [0.29, 0.717) is 0 Å². The lowest BCUT2D eigenvalue weighted by Crippen LogP contribution is -2.21. The van der Waals surface area contributed by atoms with E-state index in [2.05, 4.69) is 4.98 Å². The zero-order valence-electron chi connectivity index (χ0n) is 15.8. The van der Waals surface area contributed by atoms with Crippen molar-refractivity contribution in [3.05, 3.63) is 38.8 Å². The summed E-state index contributed by atoms with van der Waals surface area (Å²) in [4.78, 5) is 51.3. The van der Waals surface area contributed by atoms with Crippen molar-refractivity contribution in [3.8, 4) is 0 Å². The Morgan fingerprint density at radius 3 is 2.48 bits per heavy atom. The standard InChI is InChI=1S/C19H19ClFNO6S/c1-3-27-15(24)6-5-10(23)9-29-18-16(19(26)28-4-2)17(25)11-7-13(21)12(20)8-14(11)22-18/h7-8H,3-6,9H2,1-2H3,(H,22,25). The maximum atomic E-state index is 13.8. The summed E-state index contributed by atoms with van der Waals surface area (Å²) in [6, 6.07) is 2.17. The predicted octanol–water partition coefficient (Wildman–Crippen LogP) is 3.50. The van der Waals surface area contributed by atoms with Crippen LogP contribution in [-0.2, 0) is 19.1 Å². The molecule has 0 aliphatic rings. The lowest BCUT2D eigenvalue weighted by atomic mass is 10.1. The Bertz CT molecular complexity index is 1010. The van der Waals surface area contributed by atoms with Gasteiger partial charge in [0, 0.05) is 11.8 Å². The third kappa shape index (κ3) is 5.80. The maximum absolute atomic E-state index is 13.8. The van der Waals surface area contributed by atoms with Crippen molar-refractivity contribution in [3.63, 3.8) is 0 Å². The van der Waals surface area contributed by atoms with Gasteiger partial charge in [-0.1, -0.05) is 23.4 Å². The fourth-order valence-electron chi connectivity index (χ4n) is 2.46. The summed E-state index contributed by atoms with van der Waals surface area (Å²) in [5, 5.41) is -0.153. The number of hydrogen-bond donors (Lipinski definition) is 1. The molecule has 10 heteroatoms. The van der Waals surface area contributed by atoms with Crippen LogP contribution in [-0.4, -0.2) is 41.7 Å². The van der Waals surface area contributed by atoms with Gasteiger partial charge in [0.25, 0.3) is 0 Å². The summed E-state index contributed by atoms with van der Waals surface area (Å²) in [5.74, 6) is -2.52. The van der Waals surface area contributed by atoms with Crippen LogP contribution in [0.15, 0.2) is 22.0 Å². The van der Waals surface area contributed by atoms with Crippen molar-refractivity contribution in [2.75, 3.05) is 19.0 Å². The van der Waals surface area contributed by atoms with E-state index >= 15 is 0 Å². The molecule has 0 bridgehead atoms. The van der Waals surface area contributed by atoms with E-state index in [1.165, 1.54) is 6.07 Å². The van der Waals surface area contributed by atoms with Gasteiger partial charge in [0.1, 0.15) is 17.2 Å². The second-order valence-corrected chi connectivity index (χ2v) is 7.22. The number of carbonyl (C=O) groups is 3. The van der Waals surface area contributed by atoms with Crippen LogP contribution >= 0.6 is 23.4 Å². The monoisotopic (exact) mass is 443 g/mol. The van der Waals surface area contributed by atoms with E-state index in [1.54, 1.807) is 13.8 Å². The van der Waals surface area contributed by atoms with E-state index in [4.69, 9.17) is 21.1 Å². The normalized spacial score (nSPS) is 10.8. The fourth-order valence-corrected chi connectivity index (χ4v) is 3.57. The van der Waals surface area contributed by atoms with Crippen molar-refractivity contribution in [1.82, 2.24) is 4.98 Å². The number of rotatable bonds is 9. The third-order valence-corrected chi connectivity index (χ3v) is 5.13. The van der Waals surface area contributed by atoms with E-state index in [0.717, 1.165) is 17.8 Å². The van der Waals surface area contributed by atoms with Gasteiger partial charge in [-0.3, -0.25) is 14.4 Å². The van der Waals surface area contributed by atoms with Gasteiger partial charge in [-0.2, -0.15) is 0 Å². The average Bonchev–Trinajstić information content (AvgIpc) is 2.66. The number of benzene rings is 1. The topological polar surface area (TPSA) is 103 Å². The number of halogens is 2. The van der Waals surface area contributed by atoms with Gasteiger partial charge in [0.05, 0.1) is 41.0 Å². The van der Waals surface area contributed by atoms with Crippen molar-refractivity contribution < 1.29 is 28.2 Å². The first-order valence-electron chi connectivity index (χ1n) is 8.80. The fraction of sp³-hybridized carbons (Fsp3) is 0.368. The number of esters is 2. The number of fused-ring (bicyclic) bond motifs is 1. The van der Waals surface area contributed by atoms with E-state index in [9.17, 15) is 23.6 Å². The molecule has 29 heavy (non-hydrogen) atoms. The van der Waals surface area contributed by atoms with Crippen LogP contribution in [0.3, 0.4) is 0 Å². The van der Waals surface area contributed by atoms with Crippen molar-refractivity contribution in [2.45, 2.75) is 31.7 Å². The van der Waals surface area contributed by atoms with Gasteiger partial charge in [0.2, 0.25) is 5.43 Å². The first-order chi connectivity index (χ1) is 13.8. The largest absolute Gasteiger partial charge is 0.466 e. The molecule has 0 spiro atoms. The molecule has 0 fully saturated rings. The zero-order chi connectivity index (χ0) is 21.6. The first kappa shape index (κ1) is 22.9. The highest BCUT2D eigenvalue weighted by molar-refractivity contribution is 8.00. The second-order valence-electron chi connectivity index (χ2n) is 5.82. The van der Waals surface area contributed by atoms with Crippen LogP contribution in [0.1, 0.15) is 37.0 Å². The zero-order valence-corrected chi connectivity index (χ0v) is 17.4. The Morgan fingerprint density at radius 1 is 1.14 bits per heavy atom. The molecule has 0 amide bonds. The molecule has 0 atom stereocenters. The number of carbonyl (C=O) groups excluding carboxylic acids is 3. The molecular formula is C19H19ClFNO6S. The maximum Gasteiger partial charge on any atom is 0.344 e. The minimum Gasteiger partial charge on any atom is -0.466 e. The highest BCUT2D eigenvalue weighted by Crippen LogP contribution is 2.26. The van der Waals surface area contributed by atoms with Crippen molar-refractivity contribution >= 4 is 52.0 Å². The number of pyridine rings is 1. The van der Waals surface area contributed by atoms with Crippen molar-refractivity contribution in [2.24, 2.45) is 0 Å². The van der Waals surface area contributed by atoms with E-state index in [1.807, 2.05) is 0 Å². The molecule has 0 radical (unpaired) electrons. The molecule has 0 aliphatic heterocycles. The summed E-state index contributed by atoms with van der Waals surface area (Å²) in [5.41, 5.74) is -0.825. The quantitative estimate of drug-likeness (QED) is 0.467. The lowest BCUT2D eigenvalue weighted by Gasteiger charge is -2.11. The summed E-state index contributed by atoms with van der Waals surface area (Å²) >= 11 is 6.69. The average molecular weight is 444 g/mol. The number of thioether (sulfide) groups is 1. The number of hydrogen-bond acceptors (Lipinski definition) is 7. The van der Waals surface area contributed by atoms with Gasteiger partial charge in [-0.05, 0) is 26.0 Å². The Kier molecular flexibility index (Phi) is 8.21. The second kappa shape index (κ2) is 10.4. The summed E-state index contributed by atoms with van der Waals surface area (Å²) in [6.07, 6.45) is -0.0868. The van der Waals surface area contributed by atoms with Gasteiger partial charge < -0.3 is 14.5 Å². The number of H-pyrrole nitrogens is 1. The summed E-state index contributed by atoms with van der Waals surface area (Å²) in [7, 11) is 0. The minimum absolute atomic E-state index is 0.0323. The molecule has 1 N–H and O–H groups in total. The van der Waals surface area contributed by atoms with Crippen LogP contribution in [0.25, 0.3) is 10.9 Å². The highest BCUT2D eigenvalue weighted by Gasteiger charge is 2.22. The Hall–Kier alpha value is -2.39. The number of nitrogens with one attached hydrogen (secondary N) is 1. The molecule has 1 heterocycles. The molecular weight excluding hydrogens is 425 g/mol. The third-order valence-electron chi connectivity index (χ3n) is 3.78. The van der Waals surface area contributed by atoms with Gasteiger partial charge >= 0.3 is 11.9 Å². The van der Waals surface area contributed by atoms with Crippen LogP contribution in [0.2, 0.25) is 5.02 Å². The molecule has 1 aromatic heterocycles. The SMILES string of the molecule is CCOC(=O)CCC(=O)CSc1[nH]c2cc(Cl)c(F)cc2c(=O)c1C(=O)OCC. The molecule has 156 valence electrons. The number of aromatic amines is 1. The van der Waals surface area contributed by atoms with E-state index in [-0.39, 0.29) is 64.1 Å². The smallest absolute Gasteiger partial charge is 0.344 e. The molecule has 7 nitrogen and oxygen atoms in total. The number of ether oxygens (including phenoxy) is 2. The van der Waals surface area contributed by atoms with Gasteiger partial charge in [-0.15, -0.1) is 0 Å². The van der Waals surface area contributed by atoms with Crippen molar-refractivity contribution in [1.29, 1.82) is 0 Å². The molecule has 0 saturated carbocycles. The molecule has 0 unspecified atom stereocenters. The predicted molar refractivity (Wildman–Crippen MR) is 107 cm³/mol. The van der Waals surface area contributed by atoms with Gasteiger partial charge in [-0.25, -0.2) is 9.18 Å². The number of aromatic nitrogens is 1. The number of ketones is 1. The first-order valence-corrected chi connectivity index (χ1v) is 10.2. The van der Waals surface area contributed by atoms with Crippen LogP contribution in [0.4, 0.5) is 4.39 Å². The van der Waals surface area contributed by atoms with Crippen LogP contribution in [0, 0.1) is 5.82 Å². The Balaban J connectivity index is 2.32. The summed E-state index contributed by atoms with van der Waals surface area (Å²) < 4.78 is 23.5. The van der Waals surface area contributed by atoms with Gasteiger partial charge in [0.15, 0.2) is 0 Å².